The molecule has 0 aliphatic heterocycles. The molecule has 0 bridgehead atoms. The van der Waals surface area contributed by atoms with Gasteiger partial charge in [-0.3, -0.25) is 5.10 Å². The molecular weight excluding hydrogens is 204 g/mol. The van der Waals surface area contributed by atoms with Gasteiger partial charge in [-0.2, -0.15) is 5.10 Å². The number of rotatable bonds is 2. The summed E-state index contributed by atoms with van der Waals surface area (Å²) in [5.74, 6) is -1.35. The highest BCUT2D eigenvalue weighted by atomic mass is 19.1. The Hall–Kier alpha value is -1.82. The normalized spacial score (nSPS) is 12.7. The Labute approximate surface area is 83.6 Å². The predicted molar refractivity (Wildman–Crippen MR) is 46.8 cm³/mol. The van der Waals surface area contributed by atoms with Gasteiger partial charge in [-0.1, -0.05) is 0 Å². The standard InChI is InChI=1S/C9H7F2N3O/c10-6-1-5(2-7(11)3-6)8(15)9-12-4-13-14-9/h1-4,8,15H,(H,12,13,14). The number of H-pyrrole nitrogens is 1. The van der Waals surface area contributed by atoms with E-state index in [-0.39, 0.29) is 11.4 Å². The molecule has 0 saturated carbocycles. The number of aromatic amines is 1. The van der Waals surface area contributed by atoms with Gasteiger partial charge in [0.1, 0.15) is 24.1 Å². The molecule has 78 valence electrons. The number of halogens is 2. The average molecular weight is 211 g/mol. The van der Waals surface area contributed by atoms with E-state index in [1.165, 1.54) is 6.33 Å². The third kappa shape index (κ3) is 1.99. The second-order valence-electron chi connectivity index (χ2n) is 2.98. The van der Waals surface area contributed by atoms with Crippen LogP contribution in [0.15, 0.2) is 24.5 Å². The molecule has 2 aromatic rings. The molecule has 4 nitrogen and oxygen atoms in total. The van der Waals surface area contributed by atoms with Crippen molar-refractivity contribution in [3.63, 3.8) is 0 Å². The maximum atomic E-state index is 12.8. The zero-order valence-corrected chi connectivity index (χ0v) is 7.48. The van der Waals surface area contributed by atoms with Crippen LogP contribution in [0.1, 0.15) is 17.5 Å². The first-order chi connectivity index (χ1) is 7.16. The number of aliphatic hydroxyl groups excluding tert-OH is 1. The van der Waals surface area contributed by atoms with Gasteiger partial charge in [0.25, 0.3) is 0 Å². The minimum Gasteiger partial charge on any atom is -0.380 e. The molecule has 1 atom stereocenters. The fraction of sp³-hybridized carbons (Fsp3) is 0.111. The summed E-state index contributed by atoms with van der Waals surface area (Å²) in [6.45, 7) is 0. The van der Waals surface area contributed by atoms with Crippen molar-refractivity contribution in [2.75, 3.05) is 0 Å². The van der Waals surface area contributed by atoms with E-state index in [0.29, 0.717) is 0 Å². The molecule has 1 aromatic carbocycles. The highest BCUT2D eigenvalue weighted by Crippen LogP contribution is 2.20. The van der Waals surface area contributed by atoms with Crippen molar-refractivity contribution in [2.24, 2.45) is 0 Å². The Morgan fingerprint density at radius 3 is 2.40 bits per heavy atom. The molecule has 0 saturated heterocycles. The Morgan fingerprint density at radius 1 is 1.20 bits per heavy atom. The second-order valence-corrected chi connectivity index (χ2v) is 2.98. The number of benzene rings is 1. The van der Waals surface area contributed by atoms with E-state index in [0.717, 1.165) is 18.2 Å². The lowest BCUT2D eigenvalue weighted by atomic mass is 10.1. The third-order valence-corrected chi connectivity index (χ3v) is 1.89. The molecular formula is C9H7F2N3O. The number of nitrogens with zero attached hydrogens (tertiary/aromatic N) is 2. The van der Waals surface area contributed by atoms with Gasteiger partial charge in [0.2, 0.25) is 0 Å². The van der Waals surface area contributed by atoms with Crippen molar-refractivity contribution in [2.45, 2.75) is 6.10 Å². The summed E-state index contributed by atoms with van der Waals surface area (Å²) in [5.41, 5.74) is 0.0873. The van der Waals surface area contributed by atoms with Crippen LogP contribution in [0.4, 0.5) is 8.78 Å². The highest BCUT2D eigenvalue weighted by molar-refractivity contribution is 5.24. The quantitative estimate of drug-likeness (QED) is 0.783. The number of aliphatic hydroxyl groups is 1. The Morgan fingerprint density at radius 2 is 1.87 bits per heavy atom. The van der Waals surface area contributed by atoms with E-state index in [1.54, 1.807) is 0 Å². The Balaban J connectivity index is 2.37. The van der Waals surface area contributed by atoms with Crippen molar-refractivity contribution < 1.29 is 13.9 Å². The first-order valence-corrected chi connectivity index (χ1v) is 4.16. The van der Waals surface area contributed by atoms with Crippen LogP contribution in [0, 0.1) is 11.6 Å². The zero-order chi connectivity index (χ0) is 10.8. The zero-order valence-electron chi connectivity index (χ0n) is 7.48. The molecule has 0 spiro atoms. The molecule has 0 radical (unpaired) electrons. The van der Waals surface area contributed by atoms with Crippen molar-refractivity contribution in [3.8, 4) is 0 Å². The lowest BCUT2D eigenvalue weighted by molar-refractivity contribution is 0.209. The monoisotopic (exact) mass is 211 g/mol. The maximum absolute atomic E-state index is 12.8. The first-order valence-electron chi connectivity index (χ1n) is 4.16. The summed E-state index contributed by atoms with van der Waals surface area (Å²) in [5, 5.41) is 15.6. The smallest absolute Gasteiger partial charge is 0.157 e. The van der Waals surface area contributed by atoms with Crippen LogP contribution < -0.4 is 0 Å². The minimum absolute atomic E-state index is 0.0873. The van der Waals surface area contributed by atoms with Gasteiger partial charge in [0, 0.05) is 6.07 Å². The van der Waals surface area contributed by atoms with Crippen LogP contribution in [0.3, 0.4) is 0 Å². The number of hydrogen-bond acceptors (Lipinski definition) is 3. The molecule has 6 heteroatoms. The maximum Gasteiger partial charge on any atom is 0.157 e. The van der Waals surface area contributed by atoms with Crippen molar-refractivity contribution >= 4 is 0 Å². The topological polar surface area (TPSA) is 61.8 Å². The number of nitrogens with one attached hydrogen (secondary N) is 1. The van der Waals surface area contributed by atoms with Gasteiger partial charge in [-0.25, -0.2) is 13.8 Å². The largest absolute Gasteiger partial charge is 0.380 e. The van der Waals surface area contributed by atoms with Crippen LogP contribution in [-0.2, 0) is 0 Å². The van der Waals surface area contributed by atoms with Crippen molar-refractivity contribution in [1.82, 2.24) is 15.2 Å². The summed E-state index contributed by atoms with van der Waals surface area (Å²) >= 11 is 0. The average Bonchev–Trinajstić information content (AvgIpc) is 2.67. The predicted octanol–water partition coefficient (Wildman–Crippen LogP) is 1.16. The summed E-state index contributed by atoms with van der Waals surface area (Å²) in [7, 11) is 0. The Bertz CT molecular complexity index is 438. The highest BCUT2D eigenvalue weighted by Gasteiger charge is 2.15. The summed E-state index contributed by atoms with van der Waals surface area (Å²) in [4.78, 5) is 3.69. The van der Waals surface area contributed by atoms with E-state index >= 15 is 0 Å². The molecule has 1 aromatic heterocycles. The molecule has 1 unspecified atom stereocenters. The lowest BCUT2D eigenvalue weighted by Gasteiger charge is -2.07. The van der Waals surface area contributed by atoms with Crippen LogP contribution in [0.2, 0.25) is 0 Å². The summed E-state index contributed by atoms with van der Waals surface area (Å²) in [6.07, 6.45) is -0.00788. The molecule has 1 heterocycles. The first kappa shape index (κ1) is 9.72. The van der Waals surface area contributed by atoms with Gasteiger partial charge in [0.15, 0.2) is 5.82 Å². The fourth-order valence-electron chi connectivity index (χ4n) is 1.24. The number of hydrogen-bond donors (Lipinski definition) is 2. The lowest BCUT2D eigenvalue weighted by Crippen LogP contribution is -2.03. The van der Waals surface area contributed by atoms with Crippen molar-refractivity contribution in [1.29, 1.82) is 0 Å². The van der Waals surface area contributed by atoms with Crippen LogP contribution in [-0.4, -0.2) is 20.3 Å². The van der Waals surface area contributed by atoms with Crippen LogP contribution in [0.25, 0.3) is 0 Å². The fourth-order valence-corrected chi connectivity index (χ4v) is 1.24. The van der Waals surface area contributed by atoms with Gasteiger partial charge in [0.05, 0.1) is 0 Å². The molecule has 0 aliphatic rings. The SMILES string of the molecule is OC(c1cc(F)cc(F)c1)c1ncn[nH]1. The molecule has 15 heavy (non-hydrogen) atoms. The van der Waals surface area contributed by atoms with Crippen LogP contribution in [0.5, 0.6) is 0 Å². The van der Waals surface area contributed by atoms with E-state index in [1.807, 2.05) is 0 Å². The van der Waals surface area contributed by atoms with Gasteiger partial charge < -0.3 is 5.11 Å². The van der Waals surface area contributed by atoms with E-state index in [2.05, 4.69) is 15.2 Å². The molecule has 2 N–H and O–H groups in total. The van der Waals surface area contributed by atoms with Gasteiger partial charge in [-0.05, 0) is 17.7 Å². The van der Waals surface area contributed by atoms with E-state index < -0.39 is 17.7 Å². The number of aromatic nitrogens is 3. The molecule has 0 aliphatic carbocycles. The summed E-state index contributed by atoms with van der Waals surface area (Å²) < 4.78 is 25.7. The molecule has 0 fully saturated rings. The Kier molecular flexibility index (Phi) is 2.42. The molecule has 0 amide bonds. The summed E-state index contributed by atoms with van der Waals surface area (Å²) in [6, 6.07) is 2.81. The molecule has 2 rings (SSSR count). The van der Waals surface area contributed by atoms with E-state index in [4.69, 9.17) is 0 Å². The van der Waals surface area contributed by atoms with Crippen LogP contribution >= 0.6 is 0 Å². The van der Waals surface area contributed by atoms with E-state index in [9.17, 15) is 13.9 Å². The van der Waals surface area contributed by atoms with Gasteiger partial charge in [-0.15, -0.1) is 0 Å². The van der Waals surface area contributed by atoms with Crippen molar-refractivity contribution in [3.05, 3.63) is 47.5 Å². The van der Waals surface area contributed by atoms with Gasteiger partial charge >= 0.3 is 0 Å². The third-order valence-electron chi connectivity index (χ3n) is 1.89. The minimum atomic E-state index is -1.21. The second kappa shape index (κ2) is 3.74.